The smallest absolute Gasteiger partial charge is 0.409 e. The van der Waals surface area contributed by atoms with Gasteiger partial charge in [0.1, 0.15) is 0 Å². The van der Waals surface area contributed by atoms with Gasteiger partial charge in [-0.25, -0.2) is 0 Å². The van der Waals surface area contributed by atoms with Crippen LogP contribution in [0.15, 0.2) is 0 Å². The van der Waals surface area contributed by atoms with E-state index in [2.05, 4.69) is 0 Å². The third kappa shape index (κ3) is 10.2. The maximum absolute atomic E-state index is 5.45. The van der Waals surface area contributed by atoms with Crippen molar-refractivity contribution in [2.24, 2.45) is 0 Å². The van der Waals surface area contributed by atoms with Crippen molar-refractivity contribution in [1.29, 1.82) is 0 Å². The zero-order valence-corrected chi connectivity index (χ0v) is 9.86. The molecule has 0 aliphatic heterocycles. The largest absolute Gasteiger partial charge is 0.459 e. The first-order chi connectivity index (χ1) is 7.35. The summed E-state index contributed by atoms with van der Waals surface area (Å²) in [4.78, 5) is 0. The second-order valence-electron chi connectivity index (χ2n) is 2.94. The summed E-state index contributed by atoms with van der Waals surface area (Å²) in [5.41, 5.74) is 0. The second kappa shape index (κ2) is 11.9. The maximum atomic E-state index is 5.45. The zero-order chi connectivity index (χ0) is 11.4. The molecule has 6 heteroatoms. The molecular weight excluding hydrogens is 199 g/mol. The normalized spacial score (nSPS) is 10.6. The topological polar surface area (TPSA) is 46.2 Å². The molecule has 0 aliphatic rings. The molecule has 0 rings (SSSR count). The minimum atomic E-state index is -0.241. The van der Waals surface area contributed by atoms with Gasteiger partial charge in [-0.1, -0.05) is 0 Å². The van der Waals surface area contributed by atoms with Crippen LogP contribution in [0.5, 0.6) is 0 Å². The van der Waals surface area contributed by atoms with Crippen LogP contribution in [0.2, 0.25) is 6.32 Å². The van der Waals surface area contributed by atoms with E-state index in [9.17, 15) is 0 Å². The van der Waals surface area contributed by atoms with E-state index in [1.54, 1.807) is 21.3 Å². The average Bonchev–Trinajstić information content (AvgIpc) is 2.25. The first-order valence-electron chi connectivity index (χ1n) is 5.05. The van der Waals surface area contributed by atoms with E-state index in [1.165, 1.54) is 0 Å². The molecule has 0 aromatic heterocycles. The molecule has 0 aromatic rings. The Bertz CT molecular complexity index is 115. The highest BCUT2D eigenvalue weighted by molar-refractivity contribution is 6.44. The van der Waals surface area contributed by atoms with Crippen LogP contribution >= 0.6 is 0 Å². The molecule has 0 N–H and O–H groups in total. The van der Waals surface area contributed by atoms with Crippen molar-refractivity contribution in [2.45, 2.75) is 6.32 Å². The Balaban J connectivity index is 3.53. The van der Waals surface area contributed by atoms with Crippen LogP contribution in [0.25, 0.3) is 0 Å². The predicted molar refractivity (Wildman–Crippen MR) is 58.1 cm³/mol. The summed E-state index contributed by atoms with van der Waals surface area (Å²) >= 11 is 0. The first-order valence-corrected chi connectivity index (χ1v) is 5.05. The molecule has 0 fully saturated rings. The van der Waals surface area contributed by atoms with Crippen LogP contribution < -0.4 is 0 Å². The quantitative estimate of drug-likeness (QED) is 0.373. The summed E-state index contributed by atoms with van der Waals surface area (Å²) in [6, 6.07) is 0. The number of ether oxygens (including phenoxy) is 3. The molecule has 90 valence electrons. The van der Waals surface area contributed by atoms with Gasteiger partial charge in [0.25, 0.3) is 0 Å². The summed E-state index contributed by atoms with van der Waals surface area (Å²) in [5.74, 6) is 0. The highest BCUT2D eigenvalue weighted by atomic mass is 16.6. The van der Waals surface area contributed by atoms with Crippen LogP contribution in [0.4, 0.5) is 0 Å². The predicted octanol–water partition coefficient (Wildman–Crippen LogP) is 0.447. The molecule has 0 atom stereocenters. The summed E-state index contributed by atoms with van der Waals surface area (Å²) in [5, 5.41) is 0. The van der Waals surface area contributed by atoms with Crippen LogP contribution in [0, 0.1) is 0 Å². The van der Waals surface area contributed by atoms with E-state index in [0.29, 0.717) is 39.4 Å². The van der Waals surface area contributed by atoms with Gasteiger partial charge in [0, 0.05) is 34.3 Å². The van der Waals surface area contributed by atoms with Crippen LogP contribution in [-0.4, -0.2) is 61.5 Å². The fourth-order valence-corrected chi connectivity index (χ4v) is 0.955. The number of methoxy groups -OCH3 is 3. The summed E-state index contributed by atoms with van der Waals surface area (Å²) in [7, 11) is 4.69. The molecule has 0 saturated heterocycles. The molecule has 0 heterocycles. The summed E-state index contributed by atoms with van der Waals surface area (Å²) in [6.45, 7) is 2.80. The van der Waals surface area contributed by atoms with Crippen molar-refractivity contribution in [3.8, 4) is 0 Å². The lowest BCUT2D eigenvalue weighted by atomic mass is 9.85. The third-order valence-corrected chi connectivity index (χ3v) is 1.74. The van der Waals surface area contributed by atoms with Crippen LogP contribution in [0.1, 0.15) is 0 Å². The van der Waals surface area contributed by atoms with Crippen molar-refractivity contribution in [1.82, 2.24) is 0 Å². The highest BCUT2D eigenvalue weighted by Crippen LogP contribution is 1.98. The Hall–Kier alpha value is -0.135. The molecular formula is C9H21BO5. The van der Waals surface area contributed by atoms with E-state index < -0.39 is 0 Å². The van der Waals surface area contributed by atoms with Gasteiger partial charge in [0.2, 0.25) is 0 Å². The van der Waals surface area contributed by atoms with Gasteiger partial charge in [0.15, 0.2) is 0 Å². The van der Waals surface area contributed by atoms with Crippen molar-refractivity contribution in [3.63, 3.8) is 0 Å². The Kier molecular flexibility index (Phi) is 11.8. The van der Waals surface area contributed by atoms with Crippen molar-refractivity contribution >= 4 is 7.12 Å². The lowest BCUT2D eigenvalue weighted by Crippen LogP contribution is -2.27. The Labute approximate surface area is 92.1 Å². The van der Waals surface area contributed by atoms with E-state index in [0.717, 1.165) is 0 Å². The van der Waals surface area contributed by atoms with E-state index >= 15 is 0 Å². The minimum Gasteiger partial charge on any atom is -0.409 e. The lowest BCUT2D eigenvalue weighted by molar-refractivity contribution is 0.0958. The van der Waals surface area contributed by atoms with E-state index in [-0.39, 0.29) is 7.12 Å². The lowest BCUT2D eigenvalue weighted by Gasteiger charge is -2.13. The summed E-state index contributed by atoms with van der Waals surface area (Å²) in [6.07, 6.45) is 0.712. The zero-order valence-electron chi connectivity index (χ0n) is 9.86. The van der Waals surface area contributed by atoms with Crippen LogP contribution in [0.3, 0.4) is 0 Å². The Morgan fingerprint density at radius 3 is 1.53 bits per heavy atom. The van der Waals surface area contributed by atoms with Gasteiger partial charge in [-0.2, -0.15) is 0 Å². The molecule has 0 radical (unpaired) electrons. The average molecular weight is 220 g/mol. The number of hydrogen-bond donors (Lipinski definition) is 0. The highest BCUT2D eigenvalue weighted by Gasteiger charge is 2.17. The third-order valence-electron chi connectivity index (χ3n) is 1.74. The Morgan fingerprint density at radius 1 is 0.667 bits per heavy atom. The van der Waals surface area contributed by atoms with Gasteiger partial charge >= 0.3 is 7.12 Å². The minimum absolute atomic E-state index is 0.241. The van der Waals surface area contributed by atoms with Crippen LogP contribution in [-0.2, 0) is 23.5 Å². The Morgan fingerprint density at radius 2 is 1.13 bits per heavy atom. The molecule has 5 nitrogen and oxygen atoms in total. The van der Waals surface area contributed by atoms with Crippen molar-refractivity contribution in [2.75, 3.05) is 54.4 Å². The number of hydrogen-bond acceptors (Lipinski definition) is 5. The molecule has 0 aliphatic carbocycles. The molecule has 15 heavy (non-hydrogen) atoms. The molecule has 0 aromatic carbocycles. The molecule has 0 saturated carbocycles. The van der Waals surface area contributed by atoms with E-state index in [1.807, 2.05) is 0 Å². The number of rotatable bonds is 11. The molecule has 0 amide bonds. The van der Waals surface area contributed by atoms with Gasteiger partial charge in [0.05, 0.1) is 26.4 Å². The van der Waals surface area contributed by atoms with Crippen molar-refractivity contribution < 1.29 is 23.5 Å². The molecule has 0 bridgehead atoms. The standard InChI is InChI=1S/C9H21BO5/c1-11-5-4-10(14-8-6-12-2)15-9-7-13-3/h4-9H2,1-3H3. The fraction of sp³-hybridized carbons (Fsp3) is 1.00. The summed E-state index contributed by atoms with van der Waals surface area (Å²) < 4.78 is 25.6. The van der Waals surface area contributed by atoms with Crippen molar-refractivity contribution in [3.05, 3.63) is 0 Å². The molecule has 0 unspecified atom stereocenters. The van der Waals surface area contributed by atoms with Gasteiger partial charge in [-0.3, -0.25) is 0 Å². The maximum Gasteiger partial charge on any atom is 0.459 e. The second-order valence-corrected chi connectivity index (χ2v) is 2.94. The first kappa shape index (κ1) is 14.9. The van der Waals surface area contributed by atoms with Gasteiger partial charge in [-0.15, -0.1) is 0 Å². The fourth-order valence-electron chi connectivity index (χ4n) is 0.955. The molecule has 0 spiro atoms. The SMILES string of the molecule is COCCOB(CCOC)OCCOC. The monoisotopic (exact) mass is 220 g/mol. The van der Waals surface area contributed by atoms with E-state index in [4.69, 9.17) is 23.5 Å². The van der Waals surface area contributed by atoms with Gasteiger partial charge in [-0.05, 0) is 0 Å². The van der Waals surface area contributed by atoms with Gasteiger partial charge < -0.3 is 23.5 Å².